The third-order valence-electron chi connectivity index (χ3n) is 5.08. The van der Waals surface area contributed by atoms with E-state index in [0.29, 0.717) is 12.0 Å². The number of nitrogens with zero attached hydrogens (tertiary/aromatic N) is 2. The van der Waals surface area contributed by atoms with Crippen molar-refractivity contribution in [1.29, 1.82) is 0 Å². The average Bonchev–Trinajstić information content (AvgIpc) is 2.29. The van der Waals surface area contributed by atoms with Gasteiger partial charge in [-0.3, -0.25) is 9.80 Å². The summed E-state index contributed by atoms with van der Waals surface area (Å²) in [5, 5.41) is 10.5. The predicted molar refractivity (Wildman–Crippen MR) is 75.7 cm³/mol. The maximum atomic E-state index is 10.5. The highest BCUT2D eigenvalue weighted by atomic mass is 16.3. The number of aliphatic hydroxyl groups is 1. The molecule has 3 atom stereocenters. The van der Waals surface area contributed by atoms with E-state index in [-0.39, 0.29) is 0 Å². The van der Waals surface area contributed by atoms with Crippen molar-refractivity contribution >= 4 is 0 Å². The number of piperazine rings is 1. The fourth-order valence-corrected chi connectivity index (χ4v) is 3.23. The standard InChI is InChI=1S/C15H30N2O/c1-12(2)15(4,18)11-17-10-14-7-5-6-8-16(14)9-13(17)3/h12-14,18H,5-11H2,1-4H3. The van der Waals surface area contributed by atoms with Gasteiger partial charge in [0.05, 0.1) is 5.60 Å². The van der Waals surface area contributed by atoms with Gasteiger partial charge < -0.3 is 5.11 Å². The maximum Gasteiger partial charge on any atom is 0.0768 e. The van der Waals surface area contributed by atoms with Gasteiger partial charge in [0, 0.05) is 31.7 Å². The minimum Gasteiger partial charge on any atom is -0.389 e. The largest absolute Gasteiger partial charge is 0.389 e. The van der Waals surface area contributed by atoms with Crippen molar-refractivity contribution in [3.8, 4) is 0 Å². The second-order valence-corrected chi connectivity index (χ2v) is 6.93. The molecule has 2 fully saturated rings. The molecule has 1 N–H and O–H groups in total. The van der Waals surface area contributed by atoms with Crippen molar-refractivity contribution in [2.75, 3.05) is 26.2 Å². The molecule has 2 saturated heterocycles. The number of β-amino-alcohol motifs (C(OH)–C–C–N with tert-alkyl or cyclic N) is 1. The summed E-state index contributed by atoms with van der Waals surface area (Å²) in [6.07, 6.45) is 4.09. The first-order chi connectivity index (χ1) is 8.40. The van der Waals surface area contributed by atoms with Gasteiger partial charge in [-0.1, -0.05) is 20.3 Å². The van der Waals surface area contributed by atoms with Gasteiger partial charge in [0.2, 0.25) is 0 Å². The molecule has 0 radical (unpaired) electrons. The molecule has 2 heterocycles. The van der Waals surface area contributed by atoms with E-state index in [1.165, 1.54) is 32.4 Å². The van der Waals surface area contributed by atoms with Crippen LogP contribution in [0.4, 0.5) is 0 Å². The molecule has 3 nitrogen and oxygen atoms in total. The Morgan fingerprint density at radius 2 is 2.00 bits per heavy atom. The summed E-state index contributed by atoms with van der Waals surface area (Å²) in [5.41, 5.74) is -0.564. The Bertz CT molecular complexity index is 278. The van der Waals surface area contributed by atoms with Crippen molar-refractivity contribution in [3.63, 3.8) is 0 Å². The van der Waals surface area contributed by atoms with Crippen LogP contribution in [0.1, 0.15) is 47.0 Å². The summed E-state index contributed by atoms with van der Waals surface area (Å²) < 4.78 is 0. The van der Waals surface area contributed by atoms with E-state index in [1.807, 2.05) is 6.92 Å². The first-order valence-corrected chi connectivity index (χ1v) is 7.60. The van der Waals surface area contributed by atoms with Crippen molar-refractivity contribution in [1.82, 2.24) is 9.80 Å². The topological polar surface area (TPSA) is 26.7 Å². The van der Waals surface area contributed by atoms with E-state index in [9.17, 15) is 5.11 Å². The summed E-state index contributed by atoms with van der Waals surface area (Å²) in [7, 11) is 0. The molecule has 0 aromatic carbocycles. The zero-order valence-electron chi connectivity index (χ0n) is 12.5. The Morgan fingerprint density at radius 3 is 2.67 bits per heavy atom. The molecule has 0 bridgehead atoms. The number of fused-ring (bicyclic) bond motifs is 1. The second kappa shape index (κ2) is 5.48. The van der Waals surface area contributed by atoms with Gasteiger partial charge in [0.25, 0.3) is 0 Å². The quantitative estimate of drug-likeness (QED) is 0.834. The van der Waals surface area contributed by atoms with Gasteiger partial charge in [-0.2, -0.15) is 0 Å². The van der Waals surface area contributed by atoms with E-state index in [4.69, 9.17) is 0 Å². The fraction of sp³-hybridized carbons (Fsp3) is 1.00. The van der Waals surface area contributed by atoms with Crippen molar-refractivity contribution < 1.29 is 5.11 Å². The van der Waals surface area contributed by atoms with Crippen LogP contribution in [-0.2, 0) is 0 Å². The third-order valence-corrected chi connectivity index (χ3v) is 5.08. The smallest absolute Gasteiger partial charge is 0.0768 e. The predicted octanol–water partition coefficient (Wildman–Crippen LogP) is 1.95. The molecule has 3 heteroatoms. The second-order valence-electron chi connectivity index (χ2n) is 6.93. The van der Waals surface area contributed by atoms with Crippen LogP contribution in [0.5, 0.6) is 0 Å². The third kappa shape index (κ3) is 3.06. The van der Waals surface area contributed by atoms with Crippen molar-refractivity contribution in [2.45, 2.75) is 64.6 Å². The van der Waals surface area contributed by atoms with Crippen LogP contribution < -0.4 is 0 Å². The summed E-state index contributed by atoms with van der Waals surface area (Å²) in [6.45, 7) is 12.9. The highest BCUT2D eigenvalue weighted by Crippen LogP contribution is 2.26. The molecular weight excluding hydrogens is 224 g/mol. The molecule has 2 rings (SSSR count). The van der Waals surface area contributed by atoms with Gasteiger partial charge in [-0.15, -0.1) is 0 Å². The number of piperidine rings is 1. The van der Waals surface area contributed by atoms with E-state index in [0.717, 1.165) is 19.1 Å². The Hall–Kier alpha value is -0.120. The van der Waals surface area contributed by atoms with Gasteiger partial charge >= 0.3 is 0 Å². The van der Waals surface area contributed by atoms with Crippen LogP contribution in [0.25, 0.3) is 0 Å². The maximum absolute atomic E-state index is 10.5. The highest BCUT2D eigenvalue weighted by molar-refractivity contribution is 4.92. The van der Waals surface area contributed by atoms with E-state index < -0.39 is 5.60 Å². The van der Waals surface area contributed by atoms with E-state index in [2.05, 4.69) is 30.6 Å². The molecule has 18 heavy (non-hydrogen) atoms. The van der Waals surface area contributed by atoms with Crippen LogP contribution in [0, 0.1) is 5.92 Å². The fourth-order valence-electron chi connectivity index (χ4n) is 3.23. The minimum atomic E-state index is -0.564. The molecule has 3 unspecified atom stereocenters. The van der Waals surface area contributed by atoms with E-state index >= 15 is 0 Å². The lowest BCUT2D eigenvalue weighted by molar-refractivity contribution is -0.0599. The number of hydrogen-bond acceptors (Lipinski definition) is 3. The van der Waals surface area contributed by atoms with Crippen LogP contribution in [-0.4, -0.2) is 58.8 Å². The summed E-state index contributed by atoms with van der Waals surface area (Å²) in [5.74, 6) is 0.314. The van der Waals surface area contributed by atoms with E-state index in [1.54, 1.807) is 0 Å². The normalized spacial score (nSPS) is 34.3. The van der Waals surface area contributed by atoms with Crippen LogP contribution in [0.15, 0.2) is 0 Å². The van der Waals surface area contributed by atoms with Gasteiger partial charge in [0.1, 0.15) is 0 Å². The number of rotatable bonds is 3. The SMILES string of the molecule is CC1CN2CCCCC2CN1CC(C)(O)C(C)C. The molecule has 0 aromatic rings. The molecule has 0 aliphatic carbocycles. The van der Waals surface area contributed by atoms with Crippen LogP contribution in [0.2, 0.25) is 0 Å². The molecule has 2 aliphatic heterocycles. The van der Waals surface area contributed by atoms with Crippen molar-refractivity contribution in [3.05, 3.63) is 0 Å². The molecule has 2 aliphatic rings. The van der Waals surface area contributed by atoms with Crippen molar-refractivity contribution in [2.24, 2.45) is 5.92 Å². The molecule has 0 spiro atoms. The minimum absolute atomic E-state index is 0.314. The molecule has 0 aromatic heterocycles. The van der Waals surface area contributed by atoms with Crippen LogP contribution in [0.3, 0.4) is 0 Å². The molecule has 0 saturated carbocycles. The Morgan fingerprint density at radius 1 is 1.28 bits per heavy atom. The van der Waals surface area contributed by atoms with Gasteiger partial charge in [0.15, 0.2) is 0 Å². The lowest BCUT2D eigenvalue weighted by Crippen LogP contribution is -2.61. The monoisotopic (exact) mass is 254 g/mol. The zero-order valence-corrected chi connectivity index (χ0v) is 12.5. The molecular formula is C15H30N2O. The summed E-state index contributed by atoms with van der Waals surface area (Å²) in [4.78, 5) is 5.17. The zero-order chi connectivity index (χ0) is 13.3. The average molecular weight is 254 g/mol. The summed E-state index contributed by atoms with van der Waals surface area (Å²) >= 11 is 0. The Kier molecular flexibility index (Phi) is 4.35. The molecule has 0 amide bonds. The first-order valence-electron chi connectivity index (χ1n) is 7.60. The number of hydrogen-bond donors (Lipinski definition) is 1. The van der Waals surface area contributed by atoms with Gasteiger partial charge in [-0.25, -0.2) is 0 Å². The lowest BCUT2D eigenvalue weighted by atomic mass is 9.90. The summed E-state index contributed by atoms with van der Waals surface area (Å²) in [6, 6.07) is 1.31. The first kappa shape index (κ1) is 14.3. The van der Waals surface area contributed by atoms with Gasteiger partial charge in [-0.05, 0) is 39.2 Å². The lowest BCUT2D eigenvalue weighted by Gasteiger charge is -2.49. The Labute approximate surface area is 112 Å². The Balaban J connectivity index is 1.97. The molecule has 106 valence electrons. The van der Waals surface area contributed by atoms with Crippen LogP contribution >= 0.6 is 0 Å². The highest BCUT2D eigenvalue weighted by Gasteiger charge is 2.36.